The average molecular weight is 574 g/mol. The monoisotopic (exact) mass is 573 g/mol. The fraction of sp³-hybridized carbons (Fsp3) is 0.304. The van der Waals surface area contributed by atoms with Gasteiger partial charge in [-0.2, -0.15) is 13.2 Å². The number of rotatable bonds is 5. The van der Waals surface area contributed by atoms with Gasteiger partial charge in [-0.05, 0) is 52.7 Å². The Balaban J connectivity index is 1.63. The van der Waals surface area contributed by atoms with Crippen molar-refractivity contribution < 1.29 is 41.1 Å². The number of amides is 4. The highest BCUT2D eigenvalue weighted by Gasteiger charge is 2.59. The molecule has 2 aliphatic rings. The number of urea groups is 1. The highest BCUT2D eigenvalue weighted by molar-refractivity contribution is 9.10. The van der Waals surface area contributed by atoms with Crippen LogP contribution < -0.4 is 5.32 Å². The van der Waals surface area contributed by atoms with Crippen LogP contribution in [0.3, 0.4) is 0 Å². The normalized spacial score (nSPS) is 20.1. The van der Waals surface area contributed by atoms with Gasteiger partial charge in [0.15, 0.2) is 11.3 Å². The molecule has 7 nitrogen and oxygen atoms in total. The molecule has 2 atom stereocenters. The minimum atomic E-state index is -4.84. The van der Waals surface area contributed by atoms with Crippen molar-refractivity contribution in [3.8, 4) is 0 Å². The number of nitrogens with one attached hydrogen (secondary N) is 1. The first kappa shape index (κ1) is 25.7. The smallest absolute Gasteiger partial charge is 0.325 e. The number of carbonyl (C=O) groups excluding carboxylic acids is 4. The molecule has 0 unspecified atom stereocenters. The summed E-state index contributed by atoms with van der Waals surface area (Å²) in [5, 5.41) is 2.32. The van der Waals surface area contributed by atoms with Gasteiger partial charge in [0.05, 0.1) is 4.47 Å². The highest BCUT2D eigenvalue weighted by Crippen LogP contribution is 2.43. The van der Waals surface area contributed by atoms with Crippen LogP contribution in [0.5, 0.6) is 0 Å². The standard InChI is InChI=1S/C23H17BrF5N3O4/c1-11(23(27,28)29)31(9-12-2-4-13(25)5-3-12)19(34)10-32-20(35)22(30-21(32)36)8-18(33)14-6-16(24)17(26)7-15(14)22/h2-7,11H,8-10H2,1H3,(H,30,36)/t11-,22-/m1/s1. The van der Waals surface area contributed by atoms with E-state index in [2.05, 4.69) is 21.2 Å². The molecule has 1 aliphatic heterocycles. The van der Waals surface area contributed by atoms with Crippen molar-refractivity contribution in [3.05, 3.63) is 69.2 Å². The molecule has 190 valence electrons. The van der Waals surface area contributed by atoms with Crippen molar-refractivity contribution in [2.75, 3.05) is 6.54 Å². The van der Waals surface area contributed by atoms with Crippen molar-refractivity contribution in [3.63, 3.8) is 0 Å². The van der Waals surface area contributed by atoms with Crippen LogP contribution in [0, 0.1) is 11.6 Å². The first-order valence-corrected chi connectivity index (χ1v) is 11.3. The molecule has 0 aromatic heterocycles. The maximum atomic E-state index is 14.2. The molecule has 0 saturated carbocycles. The molecule has 1 N–H and O–H groups in total. The number of nitrogens with zero attached hydrogens (tertiary/aromatic N) is 2. The van der Waals surface area contributed by atoms with Crippen LogP contribution in [-0.2, 0) is 21.7 Å². The van der Waals surface area contributed by atoms with E-state index in [9.17, 15) is 41.1 Å². The largest absolute Gasteiger partial charge is 0.408 e. The molecule has 4 rings (SSSR count). The topological polar surface area (TPSA) is 86.8 Å². The molecule has 36 heavy (non-hydrogen) atoms. The predicted molar refractivity (Wildman–Crippen MR) is 117 cm³/mol. The van der Waals surface area contributed by atoms with Gasteiger partial charge in [-0.15, -0.1) is 0 Å². The number of carbonyl (C=O) groups is 4. The van der Waals surface area contributed by atoms with Gasteiger partial charge in [0.1, 0.15) is 24.2 Å². The van der Waals surface area contributed by atoms with Gasteiger partial charge in [-0.1, -0.05) is 12.1 Å². The van der Waals surface area contributed by atoms with Crippen molar-refractivity contribution in [2.24, 2.45) is 0 Å². The minimum Gasteiger partial charge on any atom is -0.325 e. The summed E-state index contributed by atoms with van der Waals surface area (Å²) in [4.78, 5) is 52.3. The molecule has 4 amide bonds. The zero-order valence-electron chi connectivity index (χ0n) is 18.5. The Bertz CT molecular complexity index is 1280. The average Bonchev–Trinajstić information content (AvgIpc) is 3.19. The highest BCUT2D eigenvalue weighted by atomic mass is 79.9. The number of alkyl halides is 3. The van der Waals surface area contributed by atoms with Crippen LogP contribution in [0.1, 0.15) is 34.8 Å². The van der Waals surface area contributed by atoms with Crippen molar-refractivity contribution in [1.29, 1.82) is 0 Å². The van der Waals surface area contributed by atoms with Crippen LogP contribution >= 0.6 is 15.9 Å². The van der Waals surface area contributed by atoms with Gasteiger partial charge < -0.3 is 10.2 Å². The molecule has 1 fully saturated rings. The van der Waals surface area contributed by atoms with Gasteiger partial charge in [-0.3, -0.25) is 19.3 Å². The summed E-state index contributed by atoms with van der Waals surface area (Å²) in [6.07, 6.45) is -5.37. The fourth-order valence-electron chi connectivity index (χ4n) is 4.26. The number of Topliss-reactive ketones (excluding diaryl/α,β-unsaturated/α-hetero) is 1. The van der Waals surface area contributed by atoms with Gasteiger partial charge in [0.2, 0.25) is 5.91 Å². The first-order chi connectivity index (χ1) is 16.7. The van der Waals surface area contributed by atoms with E-state index in [-0.39, 0.29) is 21.2 Å². The van der Waals surface area contributed by atoms with Crippen molar-refractivity contribution in [2.45, 2.75) is 37.6 Å². The lowest BCUT2D eigenvalue weighted by atomic mass is 9.91. The van der Waals surface area contributed by atoms with Crippen molar-refractivity contribution in [1.82, 2.24) is 15.1 Å². The number of imide groups is 1. The minimum absolute atomic E-state index is 0.00580. The van der Waals surface area contributed by atoms with E-state index in [1.165, 1.54) is 18.2 Å². The Hall–Kier alpha value is -3.35. The molecule has 1 aliphatic carbocycles. The van der Waals surface area contributed by atoms with E-state index >= 15 is 0 Å². The molecule has 13 heteroatoms. The van der Waals surface area contributed by atoms with Crippen LogP contribution in [-0.4, -0.2) is 52.2 Å². The molecular formula is C23H17BrF5N3O4. The van der Waals surface area contributed by atoms with Gasteiger partial charge >= 0.3 is 12.2 Å². The molecule has 1 saturated heterocycles. The second kappa shape index (κ2) is 8.95. The SMILES string of the molecule is C[C@@H](N(Cc1ccc(F)cc1)C(=O)CN1C(=O)N[C@@]2(CC(=O)c3cc(Br)c(F)cc32)C1=O)C(F)(F)F. The maximum absolute atomic E-state index is 14.2. The Morgan fingerprint density at radius 3 is 2.42 bits per heavy atom. The summed E-state index contributed by atoms with van der Waals surface area (Å²) in [5.74, 6) is -4.26. The second-order valence-electron chi connectivity index (χ2n) is 8.50. The second-order valence-corrected chi connectivity index (χ2v) is 9.36. The quantitative estimate of drug-likeness (QED) is 0.432. The third kappa shape index (κ3) is 4.36. The number of hydrogen-bond acceptors (Lipinski definition) is 4. The Morgan fingerprint density at radius 1 is 1.17 bits per heavy atom. The lowest BCUT2D eigenvalue weighted by Crippen LogP contribution is -2.51. The summed E-state index contributed by atoms with van der Waals surface area (Å²) in [6, 6.07) is 3.12. The van der Waals surface area contributed by atoms with Gasteiger partial charge in [0.25, 0.3) is 5.91 Å². The summed E-state index contributed by atoms with van der Waals surface area (Å²) in [5.41, 5.74) is -1.89. The first-order valence-electron chi connectivity index (χ1n) is 10.5. The Morgan fingerprint density at radius 2 is 1.81 bits per heavy atom. The van der Waals surface area contributed by atoms with E-state index in [4.69, 9.17) is 0 Å². The maximum Gasteiger partial charge on any atom is 0.408 e. The number of benzene rings is 2. The van der Waals surface area contributed by atoms with Gasteiger partial charge in [-0.25, -0.2) is 13.6 Å². The number of hydrogen-bond donors (Lipinski definition) is 1. The molecule has 1 spiro atoms. The molecular weight excluding hydrogens is 557 g/mol. The van der Waals surface area contributed by atoms with E-state index < -0.39 is 72.5 Å². The zero-order valence-corrected chi connectivity index (χ0v) is 20.0. The summed E-state index contributed by atoms with van der Waals surface area (Å²) in [7, 11) is 0. The molecule has 0 bridgehead atoms. The summed E-state index contributed by atoms with van der Waals surface area (Å²) >= 11 is 2.95. The number of ketones is 1. The lowest BCUT2D eigenvalue weighted by molar-refractivity contribution is -0.187. The van der Waals surface area contributed by atoms with E-state index in [0.717, 1.165) is 25.1 Å². The van der Waals surface area contributed by atoms with Gasteiger partial charge in [0, 0.05) is 24.1 Å². The summed E-state index contributed by atoms with van der Waals surface area (Å²) in [6.45, 7) is -0.896. The molecule has 2 aromatic rings. The zero-order chi connectivity index (χ0) is 26.6. The number of halogens is 6. The molecule has 2 aromatic carbocycles. The van der Waals surface area contributed by atoms with Crippen LogP contribution in [0.15, 0.2) is 40.9 Å². The van der Waals surface area contributed by atoms with E-state index in [0.29, 0.717) is 9.80 Å². The van der Waals surface area contributed by atoms with E-state index in [1.807, 2.05) is 0 Å². The molecule has 1 heterocycles. The van der Waals surface area contributed by atoms with Crippen LogP contribution in [0.25, 0.3) is 0 Å². The number of fused-ring (bicyclic) bond motifs is 2. The predicted octanol–water partition coefficient (Wildman–Crippen LogP) is 4.04. The van der Waals surface area contributed by atoms with Crippen LogP contribution in [0.2, 0.25) is 0 Å². The Kier molecular flexibility index (Phi) is 6.40. The van der Waals surface area contributed by atoms with Crippen LogP contribution in [0.4, 0.5) is 26.7 Å². The lowest BCUT2D eigenvalue weighted by Gasteiger charge is -2.32. The third-order valence-corrected chi connectivity index (χ3v) is 6.85. The molecule has 0 radical (unpaired) electrons. The fourth-order valence-corrected chi connectivity index (χ4v) is 4.61. The van der Waals surface area contributed by atoms with E-state index in [1.54, 1.807) is 0 Å². The van der Waals surface area contributed by atoms with Crippen molar-refractivity contribution >= 4 is 39.6 Å². The third-order valence-electron chi connectivity index (χ3n) is 6.24. The Labute approximate surface area is 209 Å². The summed E-state index contributed by atoms with van der Waals surface area (Å²) < 4.78 is 68.0.